The summed E-state index contributed by atoms with van der Waals surface area (Å²) >= 11 is 0. The van der Waals surface area contributed by atoms with Gasteiger partial charge in [-0.25, -0.2) is 14.4 Å². The van der Waals surface area contributed by atoms with Crippen LogP contribution in [0.1, 0.15) is 28.5 Å². The quantitative estimate of drug-likeness (QED) is 0.368. The van der Waals surface area contributed by atoms with E-state index in [1.54, 1.807) is 6.20 Å². The van der Waals surface area contributed by atoms with Crippen LogP contribution in [-0.4, -0.2) is 40.6 Å². The van der Waals surface area contributed by atoms with Crippen LogP contribution in [0.2, 0.25) is 0 Å². The topological polar surface area (TPSA) is 104 Å². The van der Waals surface area contributed by atoms with Gasteiger partial charge in [-0.05, 0) is 36.8 Å². The zero-order valence-corrected chi connectivity index (χ0v) is 19.0. The van der Waals surface area contributed by atoms with E-state index >= 15 is 0 Å². The molecule has 0 unspecified atom stereocenters. The van der Waals surface area contributed by atoms with E-state index < -0.39 is 11.7 Å². The molecule has 8 nitrogen and oxygen atoms in total. The number of carbonyl (C=O) groups is 1. The van der Waals surface area contributed by atoms with Crippen molar-refractivity contribution in [3.63, 3.8) is 0 Å². The molecule has 0 fully saturated rings. The van der Waals surface area contributed by atoms with Crippen LogP contribution >= 0.6 is 0 Å². The van der Waals surface area contributed by atoms with Crippen molar-refractivity contribution >= 4 is 17.4 Å². The number of benzene rings is 2. The summed E-state index contributed by atoms with van der Waals surface area (Å²) in [5.74, 6) is 0.427. The third-order valence-corrected chi connectivity index (χ3v) is 5.42. The summed E-state index contributed by atoms with van der Waals surface area (Å²) in [7, 11) is 1.44. The molecule has 0 saturated heterocycles. The van der Waals surface area contributed by atoms with Crippen LogP contribution in [0.4, 0.5) is 10.3 Å². The molecule has 34 heavy (non-hydrogen) atoms. The Morgan fingerprint density at radius 2 is 1.97 bits per heavy atom. The molecule has 0 aliphatic rings. The van der Waals surface area contributed by atoms with Crippen LogP contribution in [0.3, 0.4) is 0 Å². The molecule has 1 amide bonds. The van der Waals surface area contributed by atoms with E-state index in [0.717, 1.165) is 28.4 Å². The lowest BCUT2D eigenvalue weighted by atomic mass is 10.1. The lowest BCUT2D eigenvalue weighted by Crippen LogP contribution is -2.23. The van der Waals surface area contributed by atoms with Gasteiger partial charge < -0.3 is 20.5 Å². The molecule has 0 bridgehead atoms. The maximum Gasteiger partial charge on any atom is 0.255 e. The molecule has 0 spiro atoms. The predicted octanol–water partition coefficient (Wildman–Crippen LogP) is 3.64. The number of rotatable bonds is 9. The molecule has 4 rings (SSSR count). The van der Waals surface area contributed by atoms with E-state index in [1.807, 2.05) is 41.7 Å². The highest BCUT2D eigenvalue weighted by Crippen LogP contribution is 2.26. The summed E-state index contributed by atoms with van der Waals surface area (Å²) in [5.41, 5.74) is 9.81. The molecule has 0 atom stereocenters. The maximum atomic E-state index is 13.6. The Labute approximate surface area is 196 Å². The molecule has 2 aromatic carbocycles. The molecular weight excluding hydrogens is 437 g/mol. The molecule has 9 heteroatoms. The highest BCUT2D eigenvalue weighted by Gasteiger charge is 2.16. The fourth-order valence-corrected chi connectivity index (χ4v) is 3.72. The minimum Gasteiger partial charge on any atom is -0.496 e. The largest absolute Gasteiger partial charge is 0.496 e. The minimum atomic E-state index is -0.503. The van der Waals surface area contributed by atoms with Crippen molar-refractivity contribution in [1.82, 2.24) is 19.7 Å². The summed E-state index contributed by atoms with van der Waals surface area (Å²) in [5, 5.41) is 2.80. The second-order valence-corrected chi connectivity index (χ2v) is 7.58. The lowest BCUT2D eigenvalue weighted by molar-refractivity contribution is 0.0947. The number of hydrogen-bond acceptors (Lipinski definition) is 6. The van der Waals surface area contributed by atoms with Gasteiger partial charge in [0.15, 0.2) is 0 Å². The van der Waals surface area contributed by atoms with Crippen LogP contribution in [0.15, 0.2) is 54.7 Å². The molecule has 0 saturated carbocycles. The summed E-state index contributed by atoms with van der Waals surface area (Å²) in [6.45, 7) is 3.44. The van der Waals surface area contributed by atoms with Crippen molar-refractivity contribution in [3.05, 3.63) is 77.4 Å². The van der Waals surface area contributed by atoms with Gasteiger partial charge in [0.2, 0.25) is 5.95 Å². The highest BCUT2D eigenvalue weighted by molar-refractivity contribution is 5.96. The fraction of sp³-hybridized carbons (Fsp3) is 0.240. The number of fused-ring (bicyclic) bond motifs is 1. The smallest absolute Gasteiger partial charge is 0.255 e. The average Bonchev–Trinajstić information content (AvgIpc) is 3.23. The SMILES string of the molecule is CCOCCc1nc(-c2ccc(CNC(=O)c3cc(F)ccc3OC)cc2)n2c(N)nccc12. The van der Waals surface area contributed by atoms with Crippen LogP contribution in [-0.2, 0) is 17.7 Å². The highest BCUT2D eigenvalue weighted by atomic mass is 19.1. The molecule has 2 aromatic heterocycles. The monoisotopic (exact) mass is 463 g/mol. The number of nitrogens with zero attached hydrogens (tertiary/aromatic N) is 3. The molecule has 176 valence electrons. The van der Waals surface area contributed by atoms with Crippen molar-refractivity contribution < 1.29 is 18.7 Å². The van der Waals surface area contributed by atoms with Crippen molar-refractivity contribution in [2.45, 2.75) is 19.9 Å². The van der Waals surface area contributed by atoms with E-state index in [2.05, 4.69) is 10.3 Å². The molecule has 0 aliphatic heterocycles. The summed E-state index contributed by atoms with van der Waals surface area (Å²) in [6.07, 6.45) is 2.33. The first kappa shape index (κ1) is 23.2. The second kappa shape index (κ2) is 10.3. The van der Waals surface area contributed by atoms with E-state index in [-0.39, 0.29) is 12.1 Å². The molecule has 3 N–H and O–H groups in total. The number of nitrogens with two attached hydrogens (primary N) is 1. The third-order valence-electron chi connectivity index (χ3n) is 5.42. The Hall–Kier alpha value is -3.98. The maximum absolute atomic E-state index is 13.6. The standard InChI is InChI=1S/C25H26FN5O3/c1-3-34-13-11-20-21-10-12-28-25(27)31(21)23(30-20)17-6-4-16(5-7-17)15-29-24(32)19-14-18(26)8-9-22(19)33-2/h4-10,12,14H,3,11,13,15H2,1-2H3,(H2,27,28)(H,29,32). The third kappa shape index (κ3) is 4.84. The van der Waals surface area contributed by atoms with Gasteiger partial charge in [-0.3, -0.25) is 9.20 Å². The Morgan fingerprint density at radius 1 is 1.18 bits per heavy atom. The molecule has 4 aromatic rings. The number of nitrogen functional groups attached to an aromatic ring is 1. The van der Waals surface area contributed by atoms with Gasteiger partial charge in [0.25, 0.3) is 5.91 Å². The lowest BCUT2D eigenvalue weighted by Gasteiger charge is -2.10. The van der Waals surface area contributed by atoms with Crippen LogP contribution in [0, 0.1) is 5.82 Å². The number of aromatic nitrogens is 3. The zero-order valence-electron chi connectivity index (χ0n) is 19.0. The zero-order chi connectivity index (χ0) is 24.1. The van der Waals surface area contributed by atoms with E-state index in [4.69, 9.17) is 20.2 Å². The molecular formula is C25H26FN5O3. The normalized spacial score (nSPS) is 11.0. The van der Waals surface area contributed by atoms with E-state index in [1.165, 1.54) is 19.2 Å². The predicted molar refractivity (Wildman–Crippen MR) is 127 cm³/mol. The first-order valence-corrected chi connectivity index (χ1v) is 10.9. The van der Waals surface area contributed by atoms with Gasteiger partial charge in [-0.2, -0.15) is 0 Å². The van der Waals surface area contributed by atoms with Gasteiger partial charge in [0.1, 0.15) is 17.4 Å². The molecule has 0 radical (unpaired) electrons. The van der Waals surface area contributed by atoms with Gasteiger partial charge in [0.05, 0.1) is 30.5 Å². The Bertz CT molecular complexity index is 1300. The Morgan fingerprint density at radius 3 is 2.71 bits per heavy atom. The minimum absolute atomic E-state index is 0.144. The van der Waals surface area contributed by atoms with Crippen molar-refractivity contribution in [1.29, 1.82) is 0 Å². The summed E-state index contributed by atoms with van der Waals surface area (Å²) in [6, 6.07) is 13.3. The Kier molecular flexibility index (Phi) is 7.03. The first-order valence-electron chi connectivity index (χ1n) is 10.9. The van der Waals surface area contributed by atoms with Crippen LogP contribution in [0.5, 0.6) is 5.75 Å². The number of hydrogen-bond donors (Lipinski definition) is 2. The number of methoxy groups -OCH3 is 1. The van der Waals surface area contributed by atoms with E-state index in [0.29, 0.717) is 37.2 Å². The Balaban J connectivity index is 1.53. The van der Waals surface area contributed by atoms with Gasteiger partial charge in [0, 0.05) is 31.3 Å². The van der Waals surface area contributed by atoms with Crippen molar-refractivity contribution in [2.24, 2.45) is 0 Å². The fourth-order valence-electron chi connectivity index (χ4n) is 3.72. The number of nitrogens with one attached hydrogen (secondary N) is 1. The number of carbonyl (C=O) groups excluding carboxylic acids is 1. The van der Waals surface area contributed by atoms with Gasteiger partial charge in [-0.1, -0.05) is 24.3 Å². The summed E-state index contributed by atoms with van der Waals surface area (Å²) in [4.78, 5) is 21.5. The molecule has 2 heterocycles. The number of ether oxygens (including phenoxy) is 2. The van der Waals surface area contributed by atoms with E-state index in [9.17, 15) is 9.18 Å². The first-order chi connectivity index (χ1) is 16.5. The number of amides is 1. The van der Waals surface area contributed by atoms with Crippen molar-refractivity contribution in [2.75, 3.05) is 26.1 Å². The number of imidazole rings is 1. The summed E-state index contributed by atoms with van der Waals surface area (Å²) < 4.78 is 26.0. The number of anilines is 1. The second-order valence-electron chi connectivity index (χ2n) is 7.58. The van der Waals surface area contributed by atoms with Crippen molar-refractivity contribution in [3.8, 4) is 17.1 Å². The average molecular weight is 464 g/mol. The van der Waals surface area contributed by atoms with Gasteiger partial charge >= 0.3 is 0 Å². The van der Waals surface area contributed by atoms with Crippen LogP contribution in [0.25, 0.3) is 16.9 Å². The molecule has 0 aliphatic carbocycles. The van der Waals surface area contributed by atoms with Crippen LogP contribution < -0.4 is 15.8 Å². The number of halogens is 1. The van der Waals surface area contributed by atoms with Gasteiger partial charge in [-0.15, -0.1) is 0 Å².